The van der Waals surface area contributed by atoms with Crippen LogP contribution in [-0.4, -0.2) is 60.0 Å². The maximum absolute atomic E-state index is 13.9. The molecule has 3 amide bonds. The van der Waals surface area contributed by atoms with Gasteiger partial charge in [0.1, 0.15) is 5.82 Å². The van der Waals surface area contributed by atoms with Crippen LogP contribution in [0.5, 0.6) is 0 Å². The average molecular weight is 385 g/mol. The molecule has 1 aromatic carbocycles. The van der Waals surface area contributed by atoms with Crippen molar-refractivity contribution >= 4 is 23.5 Å². The minimum atomic E-state index is -0.482. The van der Waals surface area contributed by atoms with E-state index in [9.17, 15) is 14.0 Å². The molecule has 0 aliphatic carbocycles. The molecule has 1 heterocycles. The number of halogens is 2. The summed E-state index contributed by atoms with van der Waals surface area (Å²) in [5.74, 6) is -0.627. The highest BCUT2D eigenvalue weighted by atomic mass is 35.5. The summed E-state index contributed by atoms with van der Waals surface area (Å²) >= 11 is 6.09. The van der Waals surface area contributed by atoms with Crippen molar-refractivity contribution in [2.75, 3.05) is 26.2 Å². The number of nitrogens with zero attached hydrogens (tertiary/aromatic N) is 2. The van der Waals surface area contributed by atoms with Crippen LogP contribution in [-0.2, 0) is 11.3 Å². The Bertz CT molecular complexity index is 628. The summed E-state index contributed by atoms with van der Waals surface area (Å²) in [6, 6.07) is 3.76. The summed E-state index contributed by atoms with van der Waals surface area (Å²) in [5, 5.41) is 5.42. The van der Waals surface area contributed by atoms with Crippen molar-refractivity contribution in [3.05, 3.63) is 34.6 Å². The Hall–Kier alpha value is -1.70. The van der Waals surface area contributed by atoms with Crippen molar-refractivity contribution in [2.24, 2.45) is 0 Å². The Kier molecular flexibility index (Phi) is 7.37. The number of amides is 3. The second-order valence-electron chi connectivity index (χ2n) is 6.81. The van der Waals surface area contributed by atoms with Crippen molar-refractivity contribution in [3.63, 3.8) is 0 Å². The zero-order chi connectivity index (χ0) is 19.3. The summed E-state index contributed by atoms with van der Waals surface area (Å²) in [4.78, 5) is 28.0. The maximum Gasteiger partial charge on any atom is 0.321 e. The second-order valence-corrected chi connectivity index (χ2v) is 7.21. The van der Waals surface area contributed by atoms with Crippen molar-refractivity contribution < 1.29 is 14.0 Å². The third-order valence-electron chi connectivity index (χ3n) is 4.43. The van der Waals surface area contributed by atoms with Crippen LogP contribution in [0, 0.1) is 5.82 Å². The molecule has 1 aliphatic rings. The normalized spacial score (nSPS) is 17.2. The van der Waals surface area contributed by atoms with Gasteiger partial charge in [-0.15, -0.1) is 0 Å². The van der Waals surface area contributed by atoms with Gasteiger partial charge in [0.15, 0.2) is 0 Å². The van der Waals surface area contributed by atoms with Crippen molar-refractivity contribution in [1.29, 1.82) is 0 Å². The van der Waals surface area contributed by atoms with E-state index < -0.39 is 12.1 Å². The van der Waals surface area contributed by atoms with Gasteiger partial charge in [-0.3, -0.25) is 19.9 Å². The average Bonchev–Trinajstić information content (AvgIpc) is 2.57. The monoisotopic (exact) mass is 384 g/mol. The lowest BCUT2D eigenvalue weighted by molar-refractivity contribution is -0.125. The van der Waals surface area contributed by atoms with Crippen LogP contribution in [0.15, 0.2) is 18.2 Å². The van der Waals surface area contributed by atoms with Crippen molar-refractivity contribution in [1.82, 2.24) is 20.4 Å². The van der Waals surface area contributed by atoms with Gasteiger partial charge in [0.05, 0.1) is 6.04 Å². The van der Waals surface area contributed by atoms with Crippen LogP contribution in [0.2, 0.25) is 5.02 Å². The number of benzene rings is 1. The molecular weight excluding hydrogens is 359 g/mol. The zero-order valence-corrected chi connectivity index (χ0v) is 16.1. The largest absolute Gasteiger partial charge is 0.336 e. The van der Waals surface area contributed by atoms with Crippen molar-refractivity contribution in [3.8, 4) is 0 Å². The number of urea groups is 1. The minimum absolute atomic E-state index is 0.0353. The summed E-state index contributed by atoms with van der Waals surface area (Å²) in [6.07, 6.45) is 0. The molecular formula is C18H26ClFN4O2. The maximum atomic E-state index is 13.9. The number of piperazine rings is 1. The van der Waals surface area contributed by atoms with Crippen LogP contribution >= 0.6 is 11.6 Å². The van der Waals surface area contributed by atoms with E-state index in [-0.39, 0.29) is 17.8 Å². The first-order chi connectivity index (χ1) is 12.3. The number of carbonyl (C=O) groups is 2. The van der Waals surface area contributed by atoms with E-state index in [0.29, 0.717) is 43.3 Å². The molecule has 1 saturated heterocycles. The highest BCUT2D eigenvalue weighted by Gasteiger charge is 2.27. The molecule has 0 aromatic heterocycles. The number of hydrogen-bond donors (Lipinski definition) is 2. The lowest BCUT2D eigenvalue weighted by Gasteiger charge is -2.37. The number of imide groups is 1. The quantitative estimate of drug-likeness (QED) is 0.817. The van der Waals surface area contributed by atoms with E-state index in [1.165, 1.54) is 6.07 Å². The van der Waals surface area contributed by atoms with E-state index in [4.69, 9.17) is 11.6 Å². The van der Waals surface area contributed by atoms with Gasteiger partial charge in [-0.05, 0) is 32.9 Å². The summed E-state index contributed by atoms with van der Waals surface area (Å²) in [7, 11) is 0. The first-order valence-electron chi connectivity index (χ1n) is 8.78. The van der Waals surface area contributed by atoms with Gasteiger partial charge >= 0.3 is 6.03 Å². The molecule has 0 bridgehead atoms. The van der Waals surface area contributed by atoms with E-state index in [1.807, 2.05) is 18.7 Å². The molecule has 2 N–H and O–H groups in total. The van der Waals surface area contributed by atoms with Gasteiger partial charge in [-0.1, -0.05) is 17.7 Å². The van der Waals surface area contributed by atoms with Crippen LogP contribution in [0.4, 0.5) is 9.18 Å². The molecule has 0 saturated carbocycles. The third kappa shape index (κ3) is 5.65. The topological polar surface area (TPSA) is 64.7 Å². The van der Waals surface area contributed by atoms with Crippen LogP contribution in [0.3, 0.4) is 0 Å². The molecule has 2 rings (SSSR count). The Morgan fingerprint density at radius 2 is 1.85 bits per heavy atom. The predicted octanol–water partition coefficient (Wildman–Crippen LogP) is 2.22. The molecule has 0 spiro atoms. The minimum Gasteiger partial charge on any atom is -0.336 e. The molecule has 8 heteroatoms. The number of carbonyl (C=O) groups excluding carboxylic acids is 2. The van der Waals surface area contributed by atoms with Gasteiger partial charge in [0.25, 0.3) is 0 Å². The molecule has 1 aromatic rings. The van der Waals surface area contributed by atoms with Crippen LogP contribution < -0.4 is 10.6 Å². The lowest BCUT2D eigenvalue weighted by Crippen LogP contribution is -2.55. The number of rotatable bonds is 5. The molecule has 1 fully saturated rings. The zero-order valence-electron chi connectivity index (χ0n) is 15.4. The molecule has 26 heavy (non-hydrogen) atoms. The molecule has 6 nitrogen and oxygen atoms in total. The fourth-order valence-electron chi connectivity index (χ4n) is 2.90. The van der Waals surface area contributed by atoms with Crippen LogP contribution in [0.25, 0.3) is 0 Å². The van der Waals surface area contributed by atoms with Gasteiger partial charge in [0, 0.05) is 49.4 Å². The van der Waals surface area contributed by atoms with E-state index in [1.54, 1.807) is 19.1 Å². The van der Waals surface area contributed by atoms with E-state index >= 15 is 0 Å². The SMILES string of the molecule is CC(C)NC(=O)NC(=O)C(C)N1CCN(Cc2c(F)cccc2Cl)CC1. The number of hydrogen-bond acceptors (Lipinski definition) is 4. The molecule has 144 valence electrons. The Labute approximate surface area is 158 Å². The standard InChI is InChI=1S/C18H26ClFN4O2/c1-12(2)21-18(26)22-17(25)13(3)24-9-7-23(8-10-24)11-14-15(19)5-4-6-16(14)20/h4-6,12-13H,7-11H2,1-3H3,(H2,21,22,25,26). The summed E-state index contributed by atoms with van der Waals surface area (Å²) in [6.45, 7) is 8.58. The van der Waals surface area contributed by atoms with Gasteiger partial charge < -0.3 is 5.32 Å². The van der Waals surface area contributed by atoms with Crippen molar-refractivity contribution in [2.45, 2.75) is 39.4 Å². The first-order valence-corrected chi connectivity index (χ1v) is 9.16. The number of nitrogens with one attached hydrogen (secondary N) is 2. The van der Waals surface area contributed by atoms with E-state index in [2.05, 4.69) is 15.5 Å². The fourth-order valence-corrected chi connectivity index (χ4v) is 3.12. The van der Waals surface area contributed by atoms with Crippen LogP contribution in [0.1, 0.15) is 26.3 Å². The van der Waals surface area contributed by atoms with Gasteiger partial charge in [-0.25, -0.2) is 9.18 Å². The van der Waals surface area contributed by atoms with E-state index in [0.717, 1.165) is 0 Å². The highest BCUT2D eigenvalue weighted by Crippen LogP contribution is 2.21. The first kappa shape index (κ1) is 20.6. The fraction of sp³-hybridized carbons (Fsp3) is 0.556. The van der Waals surface area contributed by atoms with Gasteiger partial charge in [0.2, 0.25) is 5.91 Å². The molecule has 1 unspecified atom stereocenters. The predicted molar refractivity (Wildman–Crippen MR) is 99.5 cm³/mol. The Balaban J connectivity index is 1.83. The molecule has 1 aliphatic heterocycles. The summed E-state index contributed by atoms with van der Waals surface area (Å²) < 4.78 is 13.9. The highest BCUT2D eigenvalue weighted by molar-refractivity contribution is 6.31. The second kappa shape index (κ2) is 9.30. The molecule has 1 atom stereocenters. The Morgan fingerprint density at radius 3 is 2.42 bits per heavy atom. The smallest absolute Gasteiger partial charge is 0.321 e. The summed E-state index contributed by atoms with van der Waals surface area (Å²) in [5.41, 5.74) is 0.499. The lowest BCUT2D eigenvalue weighted by atomic mass is 10.1. The van der Waals surface area contributed by atoms with Gasteiger partial charge in [-0.2, -0.15) is 0 Å². The molecule has 0 radical (unpaired) electrons. The third-order valence-corrected chi connectivity index (χ3v) is 4.79. The Morgan fingerprint density at radius 1 is 1.19 bits per heavy atom.